The fourth-order valence-corrected chi connectivity index (χ4v) is 8.12. The quantitative estimate of drug-likeness (QED) is 0.349. The lowest BCUT2D eigenvalue weighted by molar-refractivity contribution is -0.151. The highest BCUT2D eigenvalue weighted by molar-refractivity contribution is 7.89. The zero-order chi connectivity index (χ0) is 28.1. The molecule has 2 N–H and O–H groups in total. The van der Waals surface area contributed by atoms with Gasteiger partial charge in [0.05, 0.1) is 21.3 Å². The molecule has 7 nitrogen and oxygen atoms in total. The number of nitrogens with one attached hydrogen (secondary N) is 2. The van der Waals surface area contributed by atoms with Crippen LogP contribution in [0.4, 0.5) is 13.2 Å². The number of hydrogen-bond acceptors (Lipinski definition) is 5. The van der Waals surface area contributed by atoms with Gasteiger partial charge in [-0.2, -0.15) is 17.5 Å². The van der Waals surface area contributed by atoms with Gasteiger partial charge in [0.25, 0.3) is 0 Å². The number of nitrogens with zero attached hydrogens (tertiary/aromatic N) is 2. The van der Waals surface area contributed by atoms with Crippen molar-refractivity contribution in [1.29, 1.82) is 0 Å². The van der Waals surface area contributed by atoms with Crippen molar-refractivity contribution in [3.8, 4) is 0 Å². The van der Waals surface area contributed by atoms with Crippen molar-refractivity contribution in [3.05, 3.63) is 33.8 Å². The number of benzene rings is 1. The number of aliphatic imine (C=N–C) groups is 1. The summed E-state index contributed by atoms with van der Waals surface area (Å²) in [6, 6.07) is 4.32. The summed E-state index contributed by atoms with van der Waals surface area (Å²) in [7, 11) is -3.54. The predicted molar refractivity (Wildman–Crippen MR) is 142 cm³/mol. The van der Waals surface area contributed by atoms with Crippen molar-refractivity contribution in [2.45, 2.75) is 89.1 Å². The molecule has 5 rings (SSSR count). The van der Waals surface area contributed by atoms with E-state index >= 15 is 0 Å². The Kier molecular flexibility index (Phi) is 7.84. The number of amidine groups is 1. The van der Waals surface area contributed by atoms with Gasteiger partial charge in [0, 0.05) is 30.5 Å². The van der Waals surface area contributed by atoms with Gasteiger partial charge in [-0.3, -0.25) is 9.79 Å². The van der Waals surface area contributed by atoms with E-state index in [1.807, 2.05) is 20.8 Å². The van der Waals surface area contributed by atoms with Gasteiger partial charge < -0.3 is 10.6 Å². The number of alkyl halides is 3. The van der Waals surface area contributed by atoms with Crippen molar-refractivity contribution >= 4 is 45.0 Å². The highest BCUT2D eigenvalue weighted by Gasteiger charge is 2.75. The molecule has 3 saturated carbocycles. The van der Waals surface area contributed by atoms with Crippen LogP contribution in [0.3, 0.4) is 0 Å². The Labute approximate surface area is 231 Å². The van der Waals surface area contributed by atoms with Gasteiger partial charge in [-0.25, -0.2) is 8.42 Å². The van der Waals surface area contributed by atoms with E-state index in [9.17, 15) is 26.4 Å². The van der Waals surface area contributed by atoms with E-state index in [-0.39, 0.29) is 30.7 Å². The zero-order valence-electron chi connectivity index (χ0n) is 21.6. The maximum absolute atomic E-state index is 13.3. The summed E-state index contributed by atoms with van der Waals surface area (Å²) in [4.78, 5) is 17.4. The van der Waals surface area contributed by atoms with Crippen molar-refractivity contribution in [2.24, 2.45) is 10.4 Å². The molecule has 1 aliphatic heterocycles. The van der Waals surface area contributed by atoms with E-state index in [1.165, 1.54) is 0 Å². The third-order valence-electron chi connectivity index (χ3n) is 7.71. The second-order valence-corrected chi connectivity index (χ2v) is 14.2. The monoisotopic (exact) mass is 596 g/mol. The summed E-state index contributed by atoms with van der Waals surface area (Å²) in [6.45, 7) is 5.58. The number of halogens is 5. The third kappa shape index (κ3) is 5.67. The fraction of sp³-hybridized carbons (Fsp3) is 0.680. The van der Waals surface area contributed by atoms with Crippen molar-refractivity contribution in [2.75, 3.05) is 12.3 Å². The van der Waals surface area contributed by atoms with Gasteiger partial charge >= 0.3 is 6.18 Å². The van der Waals surface area contributed by atoms with E-state index in [0.29, 0.717) is 41.6 Å². The van der Waals surface area contributed by atoms with Crippen LogP contribution < -0.4 is 10.6 Å². The van der Waals surface area contributed by atoms with Crippen LogP contribution >= 0.6 is 23.2 Å². The Bertz CT molecular complexity index is 1220. The number of rotatable bonds is 11. The number of sulfonamides is 1. The van der Waals surface area contributed by atoms with Crippen LogP contribution in [0.1, 0.15) is 64.9 Å². The van der Waals surface area contributed by atoms with Crippen LogP contribution in [0.5, 0.6) is 0 Å². The van der Waals surface area contributed by atoms with E-state index in [2.05, 4.69) is 15.6 Å². The van der Waals surface area contributed by atoms with Crippen LogP contribution in [0.25, 0.3) is 0 Å². The Morgan fingerprint density at radius 2 is 1.87 bits per heavy atom. The van der Waals surface area contributed by atoms with Crippen LogP contribution in [-0.2, 0) is 21.4 Å². The lowest BCUT2D eigenvalue weighted by Gasteiger charge is -2.73. The maximum Gasteiger partial charge on any atom is 0.389 e. The van der Waals surface area contributed by atoms with Crippen LogP contribution in [0.2, 0.25) is 10.0 Å². The van der Waals surface area contributed by atoms with Gasteiger partial charge in [0.1, 0.15) is 5.84 Å². The summed E-state index contributed by atoms with van der Waals surface area (Å²) in [5.74, 6) is 0.279. The molecule has 13 heteroatoms. The Morgan fingerprint density at radius 3 is 2.45 bits per heavy atom. The van der Waals surface area contributed by atoms with E-state index < -0.39 is 45.6 Å². The van der Waals surface area contributed by atoms with E-state index in [0.717, 1.165) is 5.56 Å². The van der Waals surface area contributed by atoms with Crippen LogP contribution in [-0.4, -0.2) is 60.1 Å². The topological polar surface area (TPSA) is 90.9 Å². The predicted octanol–water partition coefficient (Wildman–Crippen LogP) is 5.07. The molecule has 0 aromatic heterocycles. The minimum atomic E-state index is -4.26. The first-order valence-electron chi connectivity index (χ1n) is 12.7. The maximum atomic E-state index is 13.3. The first-order valence-corrected chi connectivity index (χ1v) is 15.0. The molecule has 0 unspecified atom stereocenters. The molecular formula is C25H33Cl2F3N4O3S. The lowest BCUT2D eigenvalue weighted by Crippen LogP contribution is -2.78. The number of hydrogen-bond donors (Lipinski definition) is 2. The Hall–Kier alpha value is -1.56. The molecule has 1 aromatic carbocycles. The molecule has 212 valence electrons. The molecule has 1 amide bonds. The average molecular weight is 598 g/mol. The van der Waals surface area contributed by atoms with Crippen LogP contribution in [0.15, 0.2) is 23.2 Å². The Balaban J connectivity index is 1.46. The highest BCUT2D eigenvalue weighted by Crippen LogP contribution is 2.71. The summed E-state index contributed by atoms with van der Waals surface area (Å²) >= 11 is 12.2. The molecule has 1 atom stereocenters. The first kappa shape index (κ1) is 29.4. The number of carbonyl (C=O) groups is 1. The van der Waals surface area contributed by atoms with Gasteiger partial charge in [-0.1, -0.05) is 36.2 Å². The molecule has 1 aromatic rings. The second-order valence-electron chi connectivity index (χ2n) is 11.3. The molecule has 3 aliphatic carbocycles. The smallest absolute Gasteiger partial charge is 0.366 e. The van der Waals surface area contributed by atoms with Gasteiger partial charge in [-0.15, -0.1) is 0 Å². The molecule has 2 bridgehead atoms. The lowest BCUT2D eigenvalue weighted by atomic mass is 9.38. The van der Waals surface area contributed by atoms with Crippen LogP contribution in [0, 0.1) is 5.41 Å². The normalized spacial score (nSPS) is 27.8. The molecule has 4 aliphatic rings. The summed E-state index contributed by atoms with van der Waals surface area (Å²) < 4.78 is 65.4. The van der Waals surface area contributed by atoms with Crippen molar-refractivity contribution < 1.29 is 26.4 Å². The molecule has 0 spiro atoms. The molecule has 38 heavy (non-hydrogen) atoms. The summed E-state index contributed by atoms with van der Waals surface area (Å²) in [6.07, 6.45) is -3.20. The zero-order valence-corrected chi connectivity index (χ0v) is 23.9. The third-order valence-corrected chi connectivity index (χ3v) is 10.6. The molecule has 3 fully saturated rings. The molecular weight excluding hydrogens is 564 g/mol. The second kappa shape index (κ2) is 10.1. The summed E-state index contributed by atoms with van der Waals surface area (Å²) in [5.41, 5.74) is -0.857. The van der Waals surface area contributed by atoms with Crippen molar-refractivity contribution in [3.63, 3.8) is 0 Å². The van der Waals surface area contributed by atoms with Gasteiger partial charge in [-0.05, 0) is 63.6 Å². The standard InChI is InChI=1S/C25H33Cl2F3N4O3S/c1-4-10-38(36,37)34(12-16-6-7-17(26)18(27)11-16)24-13-23(14-24,15-24)21-32-19(22(2,3)33-21)20(35)31-9-5-8-25(28,29)30/h6-7,11,19H,4-5,8-10,12-15H2,1-3H3,(H,31,35)(H,32,33)/t19-,23?,24?/m0/s1. The Morgan fingerprint density at radius 1 is 1.21 bits per heavy atom. The number of amides is 1. The first-order chi connectivity index (χ1) is 17.5. The highest BCUT2D eigenvalue weighted by atomic mass is 35.5. The van der Waals surface area contributed by atoms with Crippen molar-refractivity contribution in [1.82, 2.24) is 14.9 Å². The summed E-state index contributed by atoms with van der Waals surface area (Å²) in [5, 5.41) is 6.68. The molecule has 0 saturated heterocycles. The SMILES string of the molecule is CCCS(=O)(=O)N(Cc1ccc(Cl)c(Cl)c1)C12CC(C3=N[C@@H](C(=O)NCCCC(F)(F)F)C(C)(C)N3)(C1)C2. The minimum absolute atomic E-state index is 0.0336. The van der Waals surface area contributed by atoms with E-state index in [1.54, 1.807) is 22.5 Å². The fourth-order valence-electron chi connectivity index (χ4n) is 5.93. The van der Waals surface area contributed by atoms with Gasteiger partial charge in [0.15, 0.2) is 6.04 Å². The largest absolute Gasteiger partial charge is 0.389 e. The average Bonchev–Trinajstić information content (AvgIpc) is 3.05. The molecule has 1 heterocycles. The van der Waals surface area contributed by atoms with Gasteiger partial charge in [0.2, 0.25) is 15.9 Å². The molecule has 0 radical (unpaired) electrons. The minimum Gasteiger partial charge on any atom is -0.366 e. The number of carbonyl (C=O) groups excluding carboxylic acids is 1. The van der Waals surface area contributed by atoms with E-state index in [4.69, 9.17) is 23.2 Å².